The van der Waals surface area contributed by atoms with Crippen LogP contribution < -0.4 is 5.73 Å². The van der Waals surface area contributed by atoms with Crippen molar-refractivity contribution in [3.8, 4) is 0 Å². The van der Waals surface area contributed by atoms with Crippen molar-refractivity contribution in [3.05, 3.63) is 48.0 Å². The van der Waals surface area contributed by atoms with E-state index in [-0.39, 0.29) is 0 Å². The zero-order chi connectivity index (χ0) is 12.3. The SMILES string of the molecule is CC.NCc1ccc2oc3ccccc3c2c1. The van der Waals surface area contributed by atoms with E-state index in [4.69, 9.17) is 10.2 Å². The van der Waals surface area contributed by atoms with Gasteiger partial charge in [0.25, 0.3) is 0 Å². The van der Waals surface area contributed by atoms with E-state index < -0.39 is 0 Å². The number of hydrogen-bond donors (Lipinski definition) is 1. The average Bonchev–Trinajstić information content (AvgIpc) is 2.78. The predicted molar refractivity (Wildman–Crippen MR) is 73.0 cm³/mol. The molecule has 2 N–H and O–H groups in total. The van der Waals surface area contributed by atoms with Crippen LogP contribution in [0.5, 0.6) is 0 Å². The Bertz CT molecular complexity index is 625. The summed E-state index contributed by atoms with van der Waals surface area (Å²) in [5.41, 5.74) is 8.61. The Balaban J connectivity index is 0.000000514. The summed E-state index contributed by atoms with van der Waals surface area (Å²) in [6.45, 7) is 4.56. The van der Waals surface area contributed by atoms with E-state index in [1.807, 2.05) is 44.2 Å². The zero-order valence-corrected chi connectivity index (χ0v) is 10.2. The standard InChI is InChI=1S/C13H11NO.C2H6/c14-8-9-5-6-13-11(7-9)10-3-1-2-4-12(10)15-13;1-2/h1-7H,8,14H2;1-2H3. The fourth-order valence-corrected chi connectivity index (χ4v) is 1.90. The molecule has 88 valence electrons. The summed E-state index contributed by atoms with van der Waals surface area (Å²) in [6.07, 6.45) is 0. The lowest BCUT2D eigenvalue weighted by molar-refractivity contribution is 0.669. The number of furan rings is 1. The van der Waals surface area contributed by atoms with Crippen molar-refractivity contribution in [2.24, 2.45) is 5.73 Å². The molecule has 0 amide bonds. The molecule has 3 rings (SSSR count). The van der Waals surface area contributed by atoms with Crippen molar-refractivity contribution >= 4 is 21.9 Å². The third-order valence-electron chi connectivity index (χ3n) is 2.68. The van der Waals surface area contributed by atoms with Gasteiger partial charge in [0.05, 0.1) is 0 Å². The molecule has 1 heterocycles. The van der Waals surface area contributed by atoms with Crippen LogP contribution in [0.2, 0.25) is 0 Å². The van der Waals surface area contributed by atoms with Gasteiger partial charge in [0.1, 0.15) is 11.2 Å². The van der Waals surface area contributed by atoms with Crippen LogP contribution in [-0.2, 0) is 6.54 Å². The topological polar surface area (TPSA) is 39.2 Å². The first kappa shape index (κ1) is 11.7. The van der Waals surface area contributed by atoms with Gasteiger partial charge in [-0.1, -0.05) is 38.1 Å². The highest BCUT2D eigenvalue weighted by molar-refractivity contribution is 6.04. The molecule has 0 spiro atoms. The van der Waals surface area contributed by atoms with E-state index >= 15 is 0 Å². The quantitative estimate of drug-likeness (QED) is 0.680. The van der Waals surface area contributed by atoms with Gasteiger partial charge in [-0.3, -0.25) is 0 Å². The minimum absolute atomic E-state index is 0.565. The van der Waals surface area contributed by atoms with E-state index in [0.29, 0.717) is 6.54 Å². The zero-order valence-electron chi connectivity index (χ0n) is 10.2. The molecule has 2 aromatic carbocycles. The molecule has 0 radical (unpaired) electrons. The molecule has 0 atom stereocenters. The van der Waals surface area contributed by atoms with Crippen LogP contribution in [0.25, 0.3) is 21.9 Å². The molecule has 0 aliphatic rings. The summed E-state index contributed by atoms with van der Waals surface area (Å²) in [6, 6.07) is 14.1. The first-order chi connectivity index (χ1) is 8.38. The Morgan fingerprint density at radius 2 is 1.65 bits per heavy atom. The van der Waals surface area contributed by atoms with Crippen LogP contribution in [0.15, 0.2) is 46.9 Å². The van der Waals surface area contributed by atoms with Crippen molar-refractivity contribution in [1.29, 1.82) is 0 Å². The maximum atomic E-state index is 5.71. The van der Waals surface area contributed by atoms with E-state index in [2.05, 4.69) is 12.1 Å². The molecular weight excluding hydrogens is 210 g/mol. The molecule has 1 aromatic heterocycles. The Kier molecular flexibility index (Phi) is 3.45. The van der Waals surface area contributed by atoms with Gasteiger partial charge in [-0.15, -0.1) is 0 Å². The molecule has 0 aliphatic heterocycles. The van der Waals surface area contributed by atoms with Gasteiger partial charge in [-0.2, -0.15) is 0 Å². The first-order valence-electron chi connectivity index (χ1n) is 5.99. The van der Waals surface area contributed by atoms with Gasteiger partial charge in [-0.05, 0) is 23.8 Å². The van der Waals surface area contributed by atoms with Crippen molar-refractivity contribution in [3.63, 3.8) is 0 Å². The lowest BCUT2D eigenvalue weighted by Crippen LogP contribution is -1.94. The number of para-hydroxylation sites is 1. The van der Waals surface area contributed by atoms with Crippen LogP contribution in [0.4, 0.5) is 0 Å². The van der Waals surface area contributed by atoms with Crippen LogP contribution >= 0.6 is 0 Å². The van der Waals surface area contributed by atoms with Crippen molar-refractivity contribution in [2.75, 3.05) is 0 Å². The highest BCUT2D eigenvalue weighted by Crippen LogP contribution is 2.28. The maximum absolute atomic E-state index is 5.71. The second-order valence-electron chi connectivity index (χ2n) is 3.63. The number of nitrogens with two attached hydrogens (primary N) is 1. The smallest absolute Gasteiger partial charge is 0.135 e. The van der Waals surface area contributed by atoms with Crippen molar-refractivity contribution < 1.29 is 4.42 Å². The second kappa shape index (κ2) is 5.02. The molecule has 0 saturated heterocycles. The molecule has 0 bridgehead atoms. The second-order valence-corrected chi connectivity index (χ2v) is 3.63. The monoisotopic (exact) mass is 227 g/mol. The van der Waals surface area contributed by atoms with Crippen molar-refractivity contribution in [1.82, 2.24) is 0 Å². The van der Waals surface area contributed by atoms with E-state index in [1.54, 1.807) is 0 Å². The van der Waals surface area contributed by atoms with E-state index in [1.165, 1.54) is 0 Å². The highest BCUT2D eigenvalue weighted by Gasteiger charge is 2.05. The highest BCUT2D eigenvalue weighted by atomic mass is 16.3. The summed E-state index contributed by atoms with van der Waals surface area (Å²) in [4.78, 5) is 0. The molecule has 0 saturated carbocycles. The van der Waals surface area contributed by atoms with Gasteiger partial charge in [0.2, 0.25) is 0 Å². The molecular formula is C15H17NO. The molecule has 0 unspecified atom stereocenters. The third kappa shape index (κ3) is 2.04. The normalized spacial score (nSPS) is 10.3. The van der Waals surface area contributed by atoms with Crippen molar-refractivity contribution in [2.45, 2.75) is 20.4 Å². The van der Waals surface area contributed by atoms with E-state index in [9.17, 15) is 0 Å². The molecule has 17 heavy (non-hydrogen) atoms. The average molecular weight is 227 g/mol. The Morgan fingerprint density at radius 1 is 0.941 bits per heavy atom. The molecule has 2 heteroatoms. The minimum atomic E-state index is 0.565. The van der Waals surface area contributed by atoms with Crippen LogP contribution in [-0.4, -0.2) is 0 Å². The van der Waals surface area contributed by atoms with Gasteiger partial charge in [0.15, 0.2) is 0 Å². The van der Waals surface area contributed by atoms with Crippen LogP contribution in [0.1, 0.15) is 19.4 Å². The Morgan fingerprint density at radius 3 is 2.41 bits per heavy atom. The van der Waals surface area contributed by atoms with Crippen LogP contribution in [0.3, 0.4) is 0 Å². The predicted octanol–water partition coefficient (Wildman–Crippen LogP) is 4.07. The fraction of sp³-hybridized carbons (Fsp3) is 0.200. The summed E-state index contributed by atoms with van der Waals surface area (Å²) in [5.74, 6) is 0. The summed E-state index contributed by atoms with van der Waals surface area (Å²) < 4.78 is 5.71. The van der Waals surface area contributed by atoms with Gasteiger partial charge in [-0.25, -0.2) is 0 Å². The van der Waals surface area contributed by atoms with E-state index in [0.717, 1.165) is 27.5 Å². The number of hydrogen-bond acceptors (Lipinski definition) is 2. The summed E-state index contributed by atoms with van der Waals surface area (Å²) >= 11 is 0. The molecule has 3 aromatic rings. The maximum Gasteiger partial charge on any atom is 0.135 e. The molecule has 0 fully saturated rings. The van der Waals surface area contributed by atoms with Gasteiger partial charge < -0.3 is 10.2 Å². The largest absolute Gasteiger partial charge is 0.456 e. The first-order valence-corrected chi connectivity index (χ1v) is 5.99. The Hall–Kier alpha value is -1.80. The number of fused-ring (bicyclic) bond motifs is 3. The minimum Gasteiger partial charge on any atom is -0.456 e. The summed E-state index contributed by atoms with van der Waals surface area (Å²) in [5, 5.41) is 2.30. The van der Waals surface area contributed by atoms with Gasteiger partial charge in [0, 0.05) is 17.3 Å². The summed E-state index contributed by atoms with van der Waals surface area (Å²) in [7, 11) is 0. The lowest BCUT2D eigenvalue weighted by Gasteiger charge is -1.95. The number of benzene rings is 2. The fourth-order valence-electron chi connectivity index (χ4n) is 1.90. The Labute approximate surface area is 101 Å². The van der Waals surface area contributed by atoms with Gasteiger partial charge >= 0.3 is 0 Å². The molecule has 0 aliphatic carbocycles. The molecule has 2 nitrogen and oxygen atoms in total. The van der Waals surface area contributed by atoms with Crippen LogP contribution in [0, 0.1) is 0 Å². The third-order valence-corrected chi connectivity index (χ3v) is 2.68. The lowest BCUT2D eigenvalue weighted by atomic mass is 10.1. The number of rotatable bonds is 1.